The Labute approximate surface area is 114 Å². The van der Waals surface area contributed by atoms with Crippen molar-refractivity contribution in [3.63, 3.8) is 0 Å². The van der Waals surface area contributed by atoms with Gasteiger partial charge in [-0.25, -0.2) is 0 Å². The topological polar surface area (TPSA) is 70.4 Å². The molecule has 1 atom stereocenters. The summed E-state index contributed by atoms with van der Waals surface area (Å²) in [6.45, 7) is 7.33. The molecule has 1 fully saturated rings. The molecule has 19 heavy (non-hydrogen) atoms. The highest BCUT2D eigenvalue weighted by Gasteiger charge is 2.14. The van der Waals surface area contributed by atoms with Gasteiger partial charge in [0, 0.05) is 44.5 Å². The Kier molecular flexibility index (Phi) is 4.76. The number of nitrogens with two attached hydrogens (primary N) is 1. The van der Waals surface area contributed by atoms with Gasteiger partial charge < -0.3 is 16.4 Å². The van der Waals surface area contributed by atoms with Crippen molar-refractivity contribution >= 4 is 11.6 Å². The summed E-state index contributed by atoms with van der Waals surface area (Å²) in [6, 6.07) is 7.66. The minimum atomic E-state index is -0.391. The maximum Gasteiger partial charge on any atom is 0.250 e. The van der Waals surface area contributed by atoms with Crippen LogP contribution in [0.15, 0.2) is 24.3 Å². The van der Waals surface area contributed by atoms with Crippen LogP contribution in [-0.4, -0.2) is 49.6 Å². The van der Waals surface area contributed by atoms with Crippen molar-refractivity contribution in [2.45, 2.75) is 13.0 Å². The molecule has 1 aliphatic heterocycles. The number of primary amides is 1. The molecule has 0 aliphatic carbocycles. The highest BCUT2D eigenvalue weighted by atomic mass is 16.1. The van der Waals surface area contributed by atoms with Gasteiger partial charge in [-0.2, -0.15) is 0 Å². The number of carbonyl (C=O) groups is 1. The first-order valence-electron chi connectivity index (χ1n) is 6.75. The van der Waals surface area contributed by atoms with Crippen molar-refractivity contribution in [2.75, 3.05) is 38.0 Å². The molecular weight excluding hydrogens is 240 g/mol. The minimum Gasteiger partial charge on any atom is -0.381 e. The van der Waals surface area contributed by atoms with E-state index in [9.17, 15) is 4.79 Å². The van der Waals surface area contributed by atoms with Crippen LogP contribution in [0.5, 0.6) is 0 Å². The fraction of sp³-hybridized carbons (Fsp3) is 0.500. The van der Waals surface area contributed by atoms with Crippen LogP contribution in [0, 0.1) is 0 Å². The molecule has 4 N–H and O–H groups in total. The summed E-state index contributed by atoms with van der Waals surface area (Å²) in [6.07, 6.45) is 0. The average Bonchev–Trinajstić information content (AvgIpc) is 2.40. The summed E-state index contributed by atoms with van der Waals surface area (Å²) >= 11 is 0. The molecule has 1 aromatic carbocycles. The van der Waals surface area contributed by atoms with E-state index in [1.165, 1.54) is 0 Å². The number of amides is 1. The van der Waals surface area contributed by atoms with Gasteiger partial charge in [0.2, 0.25) is 0 Å². The highest BCUT2D eigenvalue weighted by Crippen LogP contribution is 2.15. The Morgan fingerprint density at radius 3 is 2.79 bits per heavy atom. The van der Waals surface area contributed by atoms with E-state index in [1.54, 1.807) is 6.07 Å². The summed E-state index contributed by atoms with van der Waals surface area (Å²) < 4.78 is 0. The molecule has 0 spiro atoms. The maximum absolute atomic E-state index is 11.4. The molecule has 0 bridgehead atoms. The lowest BCUT2D eigenvalue weighted by molar-refractivity contribution is 0.100. The number of nitrogens with one attached hydrogen (secondary N) is 2. The van der Waals surface area contributed by atoms with Gasteiger partial charge in [-0.3, -0.25) is 9.69 Å². The van der Waals surface area contributed by atoms with Gasteiger partial charge in [0.25, 0.3) is 5.91 Å². The quantitative estimate of drug-likeness (QED) is 0.722. The average molecular weight is 262 g/mol. The maximum atomic E-state index is 11.4. The molecule has 1 unspecified atom stereocenters. The number of anilines is 1. The van der Waals surface area contributed by atoms with Crippen molar-refractivity contribution in [3.05, 3.63) is 29.8 Å². The van der Waals surface area contributed by atoms with Crippen molar-refractivity contribution in [2.24, 2.45) is 5.73 Å². The fourth-order valence-corrected chi connectivity index (χ4v) is 2.42. The molecule has 2 rings (SSSR count). The van der Waals surface area contributed by atoms with Crippen molar-refractivity contribution in [3.8, 4) is 0 Å². The Balaban J connectivity index is 1.94. The lowest BCUT2D eigenvalue weighted by Crippen LogP contribution is -2.47. The van der Waals surface area contributed by atoms with Gasteiger partial charge in [0.05, 0.1) is 5.56 Å². The van der Waals surface area contributed by atoms with E-state index in [0.717, 1.165) is 38.4 Å². The lowest BCUT2D eigenvalue weighted by Gasteiger charge is -2.30. The summed E-state index contributed by atoms with van der Waals surface area (Å²) in [7, 11) is 0. The van der Waals surface area contributed by atoms with E-state index < -0.39 is 5.91 Å². The molecule has 1 heterocycles. The molecule has 5 heteroatoms. The fourth-order valence-electron chi connectivity index (χ4n) is 2.42. The Morgan fingerprint density at radius 1 is 1.42 bits per heavy atom. The number of para-hydroxylation sites is 1. The third kappa shape index (κ3) is 3.94. The molecule has 104 valence electrons. The van der Waals surface area contributed by atoms with Crippen LogP contribution >= 0.6 is 0 Å². The first-order valence-corrected chi connectivity index (χ1v) is 6.75. The zero-order valence-electron chi connectivity index (χ0n) is 11.4. The van der Waals surface area contributed by atoms with E-state index in [2.05, 4.69) is 22.5 Å². The predicted octanol–water partition coefficient (Wildman–Crippen LogP) is 0.491. The van der Waals surface area contributed by atoms with Gasteiger partial charge in [0.1, 0.15) is 0 Å². The smallest absolute Gasteiger partial charge is 0.250 e. The number of carbonyl (C=O) groups excluding carboxylic acids is 1. The number of hydrogen-bond donors (Lipinski definition) is 3. The third-order valence-corrected chi connectivity index (χ3v) is 3.34. The first kappa shape index (κ1) is 13.8. The molecule has 1 amide bonds. The number of rotatable bonds is 5. The number of hydrogen-bond acceptors (Lipinski definition) is 4. The summed E-state index contributed by atoms with van der Waals surface area (Å²) in [5, 5.41) is 6.71. The lowest BCUT2D eigenvalue weighted by atomic mass is 10.1. The predicted molar refractivity (Wildman–Crippen MR) is 77.4 cm³/mol. The SMILES string of the molecule is CC(CN1CCNCC1)Nc1ccccc1C(N)=O. The second kappa shape index (κ2) is 6.54. The molecular formula is C14H22N4O. The first-order chi connectivity index (χ1) is 9.16. The van der Waals surface area contributed by atoms with E-state index in [-0.39, 0.29) is 6.04 Å². The molecule has 1 aliphatic rings. The second-order valence-corrected chi connectivity index (χ2v) is 5.01. The molecule has 0 saturated carbocycles. The Bertz CT molecular complexity index is 429. The van der Waals surface area contributed by atoms with E-state index >= 15 is 0 Å². The largest absolute Gasteiger partial charge is 0.381 e. The van der Waals surface area contributed by atoms with E-state index in [1.807, 2.05) is 18.2 Å². The van der Waals surface area contributed by atoms with Crippen molar-refractivity contribution in [1.29, 1.82) is 0 Å². The molecule has 1 aromatic rings. The van der Waals surface area contributed by atoms with E-state index in [4.69, 9.17) is 5.73 Å². The summed E-state index contributed by atoms with van der Waals surface area (Å²) in [4.78, 5) is 13.8. The monoisotopic (exact) mass is 262 g/mol. The molecule has 0 radical (unpaired) electrons. The zero-order chi connectivity index (χ0) is 13.7. The zero-order valence-corrected chi connectivity index (χ0v) is 11.4. The van der Waals surface area contributed by atoms with Crippen LogP contribution in [0.4, 0.5) is 5.69 Å². The van der Waals surface area contributed by atoms with Crippen LogP contribution in [0.3, 0.4) is 0 Å². The Morgan fingerprint density at radius 2 is 2.11 bits per heavy atom. The van der Waals surface area contributed by atoms with Crippen molar-refractivity contribution in [1.82, 2.24) is 10.2 Å². The van der Waals surface area contributed by atoms with Crippen LogP contribution in [-0.2, 0) is 0 Å². The van der Waals surface area contributed by atoms with Crippen LogP contribution in [0.2, 0.25) is 0 Å². The highest BCUT2D eigenvalue weighted by molar-refractivity contribution is 5.98. The van der Waals surface area contributed by atoms with Gasteiger partial charge in [0.15, 0.2) is 0 Å². The van der Waals surface area contributed by atoms with Crippen LogP contribution < -0.4 is 16.4 Å². The van der Waals surface area contributed by atoms with Gasteiger partial charge in [-0.15, -0.1) is 0 Å². The van der Waals surface area contributed by atoms with Gasteiger partial charge in [-0.1, -0.05) is 12.1 Å². The van der Waals surface area contributed by atoms with Crippen LogP contribution in [0.25, 0.3) is 0 Å². The molecule has 0 aromatic heterocycles. The van der Waals surface area contributed by atoms with Crippen LogP contribution in [0.1, 0.15) is 17.3 Å². The summed E-state index contributed by atoms with van der Waals surface area (Å²) in [5.41, 5.74) is 6.74. The standard InChI is InChI=1S/C14H22N4O/c1-11(10-18-8-6-16-7-9-18)17-13-5-3-2-4-12(13)14(15)19/h2-5,11,16-17H,6-10H2,1H3,(H2,15,19). The number of nitrogens with zero attached hydrogens (tertiary/aromatic N) is 1. The molecule has 5 nitrogen and oxygen atoms in total. The van der Waals surface area contributed by atoms with Gasteiger partial charge in [-0.05, 0) is 19.1 Å². The number of benzene rings is 1. The second-order valence-electron chi connectivity index (χ2n) is 5.01. The summed E-state index contributed by atoms with van der Waals surface area (Å²) in [5.74, 6) is -0.391. The molecule has 1 saturated heterocycles. The van der Waals surface area contributed by atoms with E-state index in [0.29, 0.717) is 5.56 Å². The van der Waals surface area contributed by atoms with Crippen molar-refractivity contribution < 1.29 is 4.79 Å². The Hall–Kier alpha value is -1.59. The number of piperazine rings is 1. The van der Waals surface area contributed by atoms with Gasteiger partial charge >= 0.3 is 0 Å². The third-order valence-electron chi connectivity index (χ3n) is 3.34. The minimum absolute atomic E-state index is 0.276. The normalized spacial score (nSPS) is 17.9.